The van der Waals surface area contributed by atoms with Crippen LogP contribution in [0.3, 0.4) is 0 Å². The van der Waals surface area contributed by atoms with E-state index in [4.69, 9.17) is 9.47 Å². The molecule has 1 unspecified atom stereocenters. The Hall–Kier alpha value is -1.96. The van der Waals surface area contributed by atoms with Gasteiger partial charge in [-0.05, 0) is 37.7 Å². The molecule has 1 saturated heterocycles. The molecule has 2 heterocycles. The SMILES string of the molecule is CCCCCCCCCCCCCC[C@@H](O)[C@@H](O)[C@H](CO[C@H]1OC(CO)[C@H](O)[C@H](O)[C@H]1O)n1cc(CCCCCCc2ccccc2)nn1. The quantitative estimate of drug-likeness (QED) is 0.0716. The van der Waals surface area contributed by atoms with Gasteiger partial charge >= 0.3 is 0 Å². The van der Waals surface area contributed by atoms with Crippen LogP contribution in [0.4, 0.5) is 0 Å². The average molecular weight is 692 g/mol. The number of hydrogen-bond acceptors (Lipinski definition) is 10. The molecule has 49 heavy (non-hydrogen) atoms. The Balaban J connectivity index is 1.48. The average Bonchev–Trinajstić information content (AvgIpc) is 3.58. The van der Waals surface area contributed by atoms with E-state index in [-0.39, 0.29) is 6.61 Å². The fraction of sp³-hybridized carbons (Fsp3) is 0.789. The van der Waals surface area contributed by atoms with E-state index < -0.39 is 55.6 Å². The highest BCUT2D eigenvalue weighted by Gasteiger charge is 2.44. The Morgan fingerprint density at radius 1 is 0.755 bits per heavy atom. The lowest BCUT2D eigenvalue weighted by atomic mass is 9.98. The largest absolute Gasteiger partial charge is 0.394 e. The van der Waals surface area contributed by atoms with Crippen molar-refractivity contribution in [2.75, 3.05) is 13.2 Å². The van der Waals surface area contributed by atoms with Gasteiger partial charge in [0, 0.05) is 6.20 Å². The lowest BCUT2D eigenvalue weighted by Crippen LogP contribution is -2.59. The Kier molecular flexibility index (Phi) is 20.5. The number of unbranched alkanes of at least 4 members (excludes halogenated alkanes) is 14. The highest BCUT2D eigenvalue weighted by molar-refractivity contribution is 5.14. The number of rotatable bonds is 27. The molecule has 2 aromatic rings. The first-order chi connectivity index (χ1) is 23.8. The third kappa shape index (κ3) is 15.0. The van der Waals surface area contributed by atoms with Gasteiger partial charge in [0.1, 0.15) is 36.6 Å². The van der Waals surface area contributed by atoms with Gasteiger partial charge in [-0.3, -0.25) is 0 Å². The number of ether oxygens (including phenoxy) is 2. The standard InChI is InChI=1S/C38H65N3O8/c1-2-3-4-5-6-7-8-9-10-11-12-20-25-32(43)34(44)31(28-48-38-37(47)36(46)35(45)33(27-42)49-38)41-26-30(39-40-41)24-19-14-13-16-21-29-22-17-15-18-23-29/h15,17-18,22-23,26,31-38,42-47H,2-14,16,19-21,24-25,27-28H2,1H3/t31-,32+,33?,34-,35-,36-,37+,38-/m0/s1. The summed E-state index contributed by atoms with van der Waals surface area (Å²) in [5.74, 6) is 0. The maximum Gasteiger partial charge on any atom is 0.186 e. The van der Waals surface area contributed by atoms with Crippen LogP contribution in [0.25, 0.3) is 0 Å². The summed E-state index contributed by atoms with van der Waals surface area (Å²) < 4.78 is 12.8. The van der Waals surface area contributed by atoms with Crippen molar-refractivity contribution in [2.24, 2.45) is 0 Å². The van der Waals surface area contributed by atoms with Crippen LogP contribution >= 0.6 is 0 Å². The zero-order valence-corrected chi connectivity index (χ0v) is 29.8. The summed E-state index contributed by atoms with van der Waals surface area (Å²) in [5.41, 5.74) is 2.12. The number of aliphatic hydroxyl groups is 6. The van der Waals surface area contributed by atoms with Crippen molar-refractivity contribution in [3.8, 4) is 0 Å². The zero-order chi connectivity index (χ0) is 35.3. The normalized spacial score (nSPS) is 23.0. The zero-order valence-electron chi connectivity index (χ0n) is 29.8. The van der Waals surface area contributed by atoms with Crippen LogP contribution in [0.5, 0.6) is 0 Å². The van der Waals surface area contributed by atoms with Gasteiger partial charge in [0.05, 0.1) is 25.0 Å². The van der Waals surface area contributed by atoms with Gasteiger partial charge in [-0.25, -0.2) is 4.68 Å². The lowest BCUT2D eigenvalue weighted by molar-refractivity contribution is -0.304. The van der Waals surface area contributed by atoms with Crippen molar-refractivity contribution in [1.29, 1.82) is 0 Å². The Bertz CT molecular complexity index is 1090. The van der Waals surface area contributed by atoms with Crippen LogP contribution < -0.4 is 0 Å². The second-order valence-corrected chi connectivity index (χ2v) is 13.9. The van der Waals surface area contributed by atoms with Crippen molar-refractivity contribution in [2.45, 2.75) is 178 Å². The van der Waals surface area contributed by atoms with Gasteiger partial charge in [-0.15, -0.1) is 5.10 Å². The Morgan fingerprint density at radius 2 is 1.35 bits per heavy atom. The molecule has 1 aromatic carbocycles. The molecule has 1 aliphatic heterocycles. The molecule has 8 atom stereocenters. The molecule has 6 N–H and O–H groups in total. The second kappa shape index (κ2) is 24.3. The van der Waals surface area contributed by atoms with E-state index in [0.717, 1.165) is 63.5 Å². The van der Waals surface area contributed by atoms with Gasteiger partial charge < -0.3 is 40.1 Å². The molecule has 0 amide bonds. The smallest absolute Gasteiger partial charge is 0.186 e. The van der Waals surface area contributed by atoms with E-state index in [9.17, 15) is 30.6 Å². The first-order valence-corrected chi connectivity index (χ1v) is 19.1. The first-order valence-electron chi connectivity index (χ1n) is 19.1. The van der Waals surface area contributed by atoms with E-state index in [0.29, 0.717) is 6.42 Å². The molecule has 0 radical (unpaired) electrons. The second-order valence-electron chi connectivity index (χ2n) is 13.9. The Morgan fingerprint density at radius 3 is 1.98 bits per heavy atom. The summed E-state index contributed by atoms with van der Waals surface area (Å²) in [6, 6.07) is 9.61. The van der Waals surface area contributed by atoms with Gasteiger partial charge in [0.2, 0.25) is 0 Å². The first kappa shape index (κ1) is 41.5. The summed E-state index contributed by atoms with van der Waals surface area (Å²) in [6.45, 7) is 1.44. The number of benzene rings is 1. The van der Waals surface area contributed by atoms with Crippen LogP contribution in [0.2, 0.25) is 0 Å². The van der Waals surface area contributed by atoms with E-state index >= 15 is 0 Å². The highest BCUT2D eigenvalue weighted by Crippen LogP contribution is 2.25. The summed E-state index contributed by atoms with van der Waals surface area (Å²) in [4.78, 5) is 0. The predicted molar refractivity (Wildman–Crippen MR) is 189 cm³/mol. The van der Waals surface area contributed by atoms with E-state index in [2.05, 4.69) is 41.5 Å². The minimum Gasteiger partial charge on any atom is -0.394 e. The predicted octanol–water partition coefficient (Wildman–Crippen LogP) is 4.79. The van der Waals surface area contributed by atoms with Crippen molar-refractivity contribution >= 4 is 0 Å². The van der Waals surface area contributed by atoms with Crippen molar-refractivity contribution in [3.05, 3.63) is 47.8 Å². The fourth-order valence-electron chi connectivity index (χ4n) is 6.58. The van der Waals surface area contributed by atoms with Gasteiger partial charge in [0.25, 0.3) is 0 Å². The van der Waals surface area contributed by atoms with Crippen molar-refractivity contribution in [3.63, 3.8) is 0 Å². The van der Waals surface area contributed by atoms with E-state index in [1.807, 2.05) is 6.07 Å². The molecule has 0 bridgehead atoms. The molecule has 0 saturated carbocycles. The van der Waals surface area contributed by atoms with Crippen molar-refractivity contribution < 1.29 is 40.1 Å². The highest BCUT2D eigenvalue weighted by atomic mass is 16.7. The fourth-order valence-corrected chi connectivity index (χ4v) is 6.58. The molecule has 11 nitrogen and oxygen atoms in total. The molecular weight excluding hydrogens is 626 g/mol. The third-order valence-corrected chi connectivity index (χ3v) is 9.81. The van der Waals surface area contributed by atoms with Gasteiger partial charge in [0.15, 0.2) is 6.29 Å². The molecular formula is C38H65N3O8. The maximum absolute atomic E-state index is 11.3. The van der Waals surface area contributed by atoms with E-state index in [1.54, 1.807) is 6.20 Å². The Labute approximate surface area is 293 Å². The number of nitrogens with zero attached hydrogens (tertiary/aromatic N) is 3. The summed E-state index contributed by atoms with van der Waals surface area (Å²) in [7, 11) is 0. The molecule has 1 fully saturated rings. The van der Waals surface area contributed by atoms with Crippen LogP contribution in [-0.4, -0.2) is 102 Å². The number of aliphatic hydroxyl groups excluding tert-OH is 6. The molecule has 1 aromatic heterocycles. The minimum absolute atomic E-state index is 0.221. The summed E-state index contributed by atoms with van der Waals surface area (Å²) >= 11 is 0. The molecule has 11 heteroatoms. The summed E-state index contributed by atoms with van der Waals surface area (Å²) in [5, 5.41) is 71.3. The molecule has 0 spiro atoms. The van der Waals surface area contributed by atoms with Gasteiger partial charge in [-0.1, -0.05) is 132 Å². The van der Waals surface area contributed by atoms with Gasteiger partial charge in [-0.2, -0.15) is 0 Å². The molecule has 280 valence electrons. The van der Waals surface area contributed by atoms with E-state index in [1.165, 1.54) is 68.0 Å². The number of aromatic nitrogens is 3. The topological polar surface area (TPSA) is 171 Å². The van der Waals surface area contributed by atoms with Crippen LogP contribution in [0.15, 0.2) is 36.5 Å². The monoisotopic (exact) mass is 691 g/mol. The molecule has 0 aliphatic carbocycles. The van der Waals surface area contributed by atoms with Crippen LogP contribution in [0, 0.1) is 0 Å². The number of hydrogen-bond donors (Lipinski definition) is 6. The third-order valence-electron chi connectivity index (χ3n) is 9.81. The van der Waals surface area contributed by atoms with Crippen LogP contribution in [0.1, 0.15) is 133 Å². The molecule has 1 aliphatic rings. The van der Waals surface area contributed by atoms with Crippen LogP contribution in [-0.2, 0) is 22.3 Å². The lowest BCUT2D eigenvalue weighted by Gasteiger charge is -2.40. The minimum atomic E-state index is -1.58. The summed E-state index contributed by atoms with van der Waals surface area (Å²) in [6.07, 6.45) is 13.3. The molecule has 3 rings (SSSR count). The van der Waals surface area contributed by atoms with Crippen molar-refractivity contribution in [1.82, 2.24) is 15.0 Å². The number of aryl methyl sites for hydroxylation is 2. The maximum atomic E-state index is 11.3.